The van der Waals surface area contributed by atoms with Gasteiger partial charge in [-0.15, -0.1) is 0 Å². The maximum atomic E-state index is 12.2. The molecule has 1 heterocycles. The molecule has 0 amide bonds. The summed E-state index contributed by atoms with van der Waals surface area (Å²) in [7, 11) is -3.44. The van der Waals surface area contributed by atoms with Crippen LogP contribution in [0.1, 0.15) is 12.8 Å². The number of sulfonamides is 1. The third-order valence-corrected chi connectivity index (χ3v) is 4.80. The summed E-state index contributed by atoms with van der Waals surface area (Å²) in [4.78, 5) is 4.51. The first-order valence-electron chi connectivity index (χ1n) is 6.45. The van der Waals surface area contributed by atoms with Crippen molar-refractivity contribution in [2.75, 3.05) is 12.0 Å². The van der Waals surface area contributed by atoms with Crippen LogP contribution in [0.2, 0.25) is 0 Å². The van der Waals surface area contributed by atoms with Gasteiger partial charge in [-0.05, 0) is 49.1 Å². The van der Waals surface area contributed by atoms with Crippen molar-refractivity contribution in [1.29, 1.82) is 0 Å². The third-order valence-electron chi connectivity index (χ3n) is 3.38. The number of rotatable bonds is 5. The first kappa shape index (κ1) is 13.3. The molecular formula is C13H16N4O2S. The standard InChI is InChI=1S/C13H16N4O2S/c14-17-13-6-3-10-7-11(4-5-12(10)16-13)20(18,19)15-8-9-1-2-9/h3-7,9,15H,1-2,8,14H2,(H,16,17). The molecule has 0 atom stereocenters. The molecule has 7 heteroatoms. The minimum absolute atomic E-state index is 0.265. The lowest BCUT2D eigenvalue weighted by Crippen LogP contribution is -2.25. The summed E-state index contributed by atoms with van der Waals surface area (Å²) in [5, 5.41) is 0.762. The van der Waals surface area contributed by atoms with Crippen LogP contribution in [0.3, 0.4) is 0 Å². The number of aromatic nitrogens is 1. The van der Waals surface area contributed by atoms with Crippen molar-refractivity contribution in [2.24, 2.45) is 11.8 Å². The van der Waals surface area contributed by atoms with E-state index in [1.54, 1.807) is 30.3 Å². The van der Waals surface area contributed by atoms with Crippen molar-refractivity contribution in [3.63, 3.8) is 0 Å². The molecule has 0 unspecified atom stereocenters. The number of pyridine rings is 1. The molecule has 1 aromatic heterocycles. The minimum Gasteiger partial charge on any atom is -0.308 e. The summed E-state index contributed by atoms with van der Waals surface area (Å²) in [5.41, 5.74) is 3.16. The second-order valence-electron chi connectivity index (χ2n) is 4.99. The van der Waals surface area contributed by atoms with E-state index in [0.717, 1.165) is 18.2 Å². The molecule has 20 heavy (non-hydrogen) atoms. The van der Waals surface area contributed by atoms with Gasteiger partial charge in [-0.25, -0.2) is 24.0 Å². The molecule has 106 valence electrons. The molecule has 1 aromatic carbocycles. The first-order valence-corrected chi connectivity index (χ1v) is 7.94. The molecular weight excluding hydrogens is 276 g/mol. The van der Waals surface area contributed by atoms with Crippen LogP contribution in [-0.4, -0.2) is 19.9 Å². The number of nitrogens with one attached hydrogen (secondary N) is 2. The number of nitrogens with two attached hydrogens (primary N) is 1. The normalized spacial score (nSPS) is 15.4. The Balaban J connectivity index is 1.91. The van der Waals surface area contributed by atoms with Gasteiger partial charge in [-0.3, -0.25) is 0 Å². The predicted octanol–water partition coefficient (Wildman–Crippen LogP) is 1.21. The van der Waals surface area contributed by atoms with E-state index in [2.05, 4.69) is 15.1 Å². The van der Waals surface area contributed by atoms with Gasteiger partial charge < -0.3 is 5.43 Å². The fraction of sp³-hybridized carbons (Fsp3) is 0.308. The average Bonchev–Trinajstić information content (AvgIpc) is 3.28. The molecule has 0 bridgehead atoms. The minimum atomic E-state index is -3.44. The Kier molecular flexibility index (Phi) is 3.33. The molecule has 3 rings (SSSR count). The summed E-state index contributed by atoms with van der Waals surface area (Å²) < 4.78 is 27.0. The quantitative estimate of drug-likeness (QED) is 0.568. The molecule has 0 aliphatic heterocycles. The number of hydrogen-bond acceptors (Lipinski definition) is 5. The third kappa shape index (κ3) is 2.74. The van der Waals surface area contributed by atoms with Crippen molar-refractivity contribution in [2.45, 2.75) is 17.7 Å². The second kappa shape index (κ2) is 5.01. The smallest absolute Gasteiger partial charge is 0.240 e. The van der Waals surface area contributed by atoms with E-state index in [1.165, 1.54) is 0 Å². The number of hydrazine groups is 1. The number of nitrogens with zero attached hydrogens (tertiary/aromatic N) is 1. The topological polar surface area (TPSA) is 97.1 Å². The van der Waals surface area contributed by atoms with Crippen LogP contribution < -0.4 is 16.0 Å². The fourth-order valence-electron chi connectivity index (χ4n) is 1.98. The summed E-state index contributed by atoms with van der Waals surface area (Å²) >= 11 is 0. The Morgan fingerprint density at radius 3 is 2.75 bits per heavy atom. The Labute approximate surface area is 117 Å². The zero-order valence-electron chi connectivity index (χ0n) is 10.8. The molecule has 1 saturated carbocycles. The summed E-state index contributed by atoms with van der Waals surface area (Å²) in [5.74, 6) is 6.34. The van der Waals surface area contributed by atoms with Crippen molar-refractivity contribution in [1.82, 2.24) is 9.71 Å². The maximum Gasteiger partial charge on any atom is 0.240 e. The molecule has 0 radical (unpaired) electrons. The van der Waals surface area contributed by atoms with Gasteiger partial charge in [-0.2, -0.15) is 0 Å². The average molecular weight is 292 g/mol. The van der Waals surface area contributed by atoms with Crippen molar-refractivity contribution in [3.8, 4) is 0 Å². The molecule has 6 nitrogen and oxygen atoms in total. The Bertz CT molecular complexity index is 741. The summed E-state index contributed by atoms with van der Waals surface area (Å²) in [6.07, 6.45) is 2.22. The molecule has 1 aliphatic carbocycles. The molecule has 0 spiro atoms. The van der Waals surface area contributed by atoms with Gasteiger partial charge in [0, 0.05) is 11.9 Å². The highest BCUT2D eigenvalue weighted by atomic mass is 32.2. The molecule has 0 saturated heterocycles. The van der Waals surface area contributed by atoms with Crippen LogP contribution in [0, 0.1) is 5.92 Å². The van der Waals surface area contributed by atoms with Crippen LogP contribution in [-0.2, 0) is 10.0 Å². The second-order valence-corrected chi connectivity index (χ2v) is 6.76. The fourth-order valence-corrected chi connectivity index (χ4v) is 3.14. The van der Waals surface area contributed by atoms with Crippen LogP contribution in [0.25, 0.3) is 10.9 Å². The SMILES string of the molecule is NNc1ccc2cc(S(=O)(=O)NCC3CC3)ccc2n1. The van der Waals surface area contributed by atoms with Gasteiger partial charge in [0.2, 0.25) is 10.0 Å². The summed E-state index contributed by atoms with van der Waals surface area (Å²) in [6, 6.07) is 8.36. The molecule has 1 fully saturated rings. The molecule has 1 aliphatic rings. The van der Waals surface area contributed by atoms with E-state index >= 15 is 0 Å². The Morgan fingerprint density at radius 2 is 2.05 bits per heavy atom. The van der Waals surface area contributed by atoms with Gasteiger partial charge in [0.15, 0.2) is 0 Å². The van der Waals surface area contributed by atoms with E-state index in [0.29, 0.717) is 23.8 Å². The lowest BCUT2D eigenvalue weighted by Gasteiger charge is -2.07. The van der Waals surface area contributed by atoms with Crippen LogP contribution in [0.4, 0.5) is 5.82 Å². The first-order chi connectivity index (χ1) is 9.58. The van der Waals surface area contributed by atoms with E-state index < -0.39 is 10.0 Å². The molecule has 4 N–H and O–H groups in total. The highest BCUT2D eigenvalue weighted by Gasteiger charge is 2.24. The van der Waals surface area contributed by atoms with Crippen molar-refractivity contribution < 1.29 is 8.42 Å². The number of anilines is 1. The Morgan fingerprint density at radius 1 is 1.25 bits per heavy atom. The van der Waals surface area contributed by atoms with Gasteiger partial charge in [0.05, 0.1) is 10.4 Å². The largest absolute Gasteiger partial charge is 0.308 e. The zero-order valence-corrected chi connectivity index (χ0v) is 11.7. The zero-order chi connectivity index (χ0) is 14.2. The van der Waals surface area contributed by atoms with Crippen LogP contribution in [0.5, 0.6) is 0 Å². The van der Waals surface area contributed by atoms with Crippen molar-refractivity contribution >= 4 is 26.7 Å². The number of fused-ring (bicyclic) bond motifs is 1. The number of benzene rings is 1. The van der Waals surface area contributed by atoms with E-state index in [9.17, 15) is 8.42 Å². The highest BCUT2D eigenvalue weighted by Crippen LogP contribution is 2.28. The van der Waals surface area contributed by atoms with Crippen LogP contribution in [0.15, 0.2) is 35.2 Å². The predicted molar refractivity (Wildman–Crippen MR) is 77.5 cm³/mol. The van der Waals surface area contributed by atoms with Gasteiger partial charge in [0.25, 0.3) is 0 Å². The summed E-state index contributed by atoms with van der Waals surface area (Å²) in [6.45, 7) is 0.522. The van der Waals surface area contributed by atoms with E-state index in [-0.39, 0.29) is 4.90 Å². The number of hydrogen-bond donors (Lipinski definition) is 3. The van der Waals surface area contributed by atoms with Gasteiger partial charge >= 0.3 is 0 Å². The van der Waals surface area contributed by atoms with Crippen LogP contribution >= 0.6 is 0 Å². The lowest BCUT2D eigenvalue weighted by molar-refractivity contribution is 0.577. The monoisotopic (exact) mass is 292 g/mol. The van der Waals surface area contributed by atoms with Gasteiger partial charge in [-0.1, -0.05) is 0 Å². The maximum absolute atomic E-state index is 12.2. The van der Waals surface area contributed by atoms with E-state index in [1.807, 2.05) is 0 Å². The van der Waals surface area contributed by atoms with Crippen molar-refractivity contribution in [3.05, 3.63) is 30.3 Å². The molecule has 2 aromatic rings. The Hall–Kier alpha value is -1.70. The number of nitrogen functional groups attached to an aromatic ring is 1. The highest BCUT2D eigenvalue weighted by molar-refractivity contribution is 7.89. The van der Waals surface area contributed by atoms with Gasteiger partial charge in [0.1, 0.15) is 5.82 Å². The lowest BCUT2D eigenvalue weighted by atomic mass is 10.2. The van der Waals surface area contributed by atoms with E-state index in [4.69, 9.17) is 5.84 Å².